The summed E-state index contributed by atoms with van der Waals surface area (Å²) < 4.78 is 75.7. The summed E-state index contributed by atoms with van der Waals surface area (Å²) >= 11 is 6.38. The lowest BCUT2D eigenvalue weighted by atomic mass is 9.85. The monoisotopic (exact) mass is 1020 g/mol. The Morgan fingerprint density at radius 2 is 1.00 bits per heavy atom. The number of benzene rings is 4. The summed E-state index contributed by atoms with van der Waals surface area (Å²) in [5, 5.41) is -0.378. The van der Waals surface area contributed by atoms with Crippen LogP contribution in [0.3, 0.4) is 0 Å². The SMILES string of the molecule is COc1cc2c(cc1OC)[C@@H](c1cc(OC)c(OC)c(OC)c1)[N@+](C)(CCCOC(=O)/C=C(\Cl)C(=O)OCCC[N@@+]1(C)CCc3cc(OC)c(OC)c(OC)c3[C@@H]1Cc1cc(OC)c(OC)c(OC)c1)CC2. The van der Waals surface area contributed by atoms with E-state index in [4.69, 9.17) is 73.2 Å². The van der Waals surface area contributed by atoms with Gasteiger partial charge in [-0.2, -0.15) is 0 Å². The fourth-order valence-corrected chi connectivity index (χ4v) is 10.6. The van der Waals surface area contributed by atoms with Gasteiger partial charge in [-0.3, -0.25) is 0 Å². The first-order chi connectivity index (χ1) is 34.6. The Hall–Kier alpha value is -6.43. The van der Waals surface area contributed by atoms with Crippen molar-refractivity contribution in [2.45, 2.75) is 44.2 Å². The van der Waals surface area contributed by atoms with Crippen LogP contribution >= 0.6 is 11.6 Å². The Balaban J connectivity index is 1.12. The number of methoxy groups -OCH3 is 11. The van der Waals surface area contributed by atoms with Crippen LogP contribution in [0.1, 0.15) is 58.3 Å². The van der Waals surface area contributed by atoms with E-state index in [0.29, 0.717) is 105 Å². The van der Waals surface area contributed by atoms with Crippen molar-refractivity contribution >= 4 is 23.5 Å². The van der Waals surface area contributed by atoms with Gasteiger partial charge in [0.15, 0.2) is 46.0 Å². The number of hydrogen-bond acceptors (Lipinski definition) is 15. The normalized spacial score (nSPS) is 19.2. The zero-order valence-corrected chi connectivity index (χ0v) is 44.7. The molecule has 2 heterocycles. The quantitative estimate of drug-likeness (QED) is 0.0290. The highest BCUT2D eigenvalue weighted by Gasteiger charge is 2.44. The number of esters is 2. The smallest absolute Gasteiger partial charge is 0.350 e. The van der Waals surface area contributed by atoms with Gasteiger partial charge in [-0.15, -0.1) is 0 Å². The van der Waals surface area contributed by atoms with Crippen LogP contribution in [0.15, 0.2) is 53.6 Å². The molecule has 2 aliphatic heterocycles. The minimum absolute atomic E-state index is 0.0595. The average molecular weight is 1020 g/mol. The summed E-state index contributed by atoms with van der Waals surface area (Å²) in [4.78, 5) is 26.3. The summed E-state index contributed by atoms with van der Waals surface area (Å²) in [7, 11) is 21.9. The molecule has 18 heteroatoms. The highest BCUT2D eigenvalue weighted by molar-refractivity contribution is 6.42. The van der Waals surface area contributed by atoms with Crippen molar-refractivity contribution < 1.29 is 80.1 Å². The summed E-state index contributed by atoms with van der Waals surface area (Å²) in [6.07, 6.45) is 4.03. The summed E-state index contributed by atoms with van der Waals surface area (Å²) in [6.45, 7) is 2.93. The van der Waals surface area contributed by atoms with Crippen LogP contribution in [0, 0.1) is 0 Å². The standard InChI is InChI=1S/C54H71ClN2O15/c1-56(20-17-35-28-46(66-9)52(69-12)53(70-13)48(35)39(56)24-33-25-42(62-5)50(67-10)43(26-33)63-6)18-14-23-72-54(59)38(55)32-47(58)71-22-15-19-57(2)21-16-34-27-40(60-3)41(61-4)31-37(34)49(57)36-29-44(64-7)51(68-11)45(30-36)65-8/h25-32,39,49H,14-24H2,1-13H3/q+2/b38-32-/t39-,49+,56-,57+/m0/s1. The molecular weight excluding hydrogens is 952 g/mol. The van der Waals surface area contributed by atoms with Crippen molar-refractivity contribution in [3.63, 3.8) is 0 Å². The molecule has 4 aromatic carbocycles. The van der Waals surface area contributed by atoms with Gasteiger partial charge in [0, 0.05) is 49.3 Å². The lowest BCUT2D eigenvalue weighted by Crippen LogP contribution is -2.52. The maximum atomic E-state index is 13.2. The highest BCUT2D eigenvalue weighted by Crippen LogP contribution is 2.52. The number of carbonyl (C=O) groups is 2. The van der Waals surface area contributed by atoms with Gasteiger partial charge in [-0.25, -0.2) is 9.59 Å². The molecule has 17 nitrogen and oxygen atoms in total. The first kappa shape index (κ1) is 54.9. The van der Waals surface area contributed by atoms with E-state index in [9.17, 15) is 9.59 Å². The van der Waals surface area contributed by atoms with Crippen molar-refractivity contribution in [3.8, 4) is 63.2 Å². The molecular formula is C54H71ClN2O15+2. The van der Waals surface area contributed by atoms with Gasteiger partial charge in [-0.1, -0.05) is 11.6 Å². The van der Waals surface area contributed by atoms with Crippen molar-refractivity contribution in [2.75, 3.05) is 132 Å². The van der Waals surface area contributed by atoms with Crippen LogP contribution in [0.5, 0.6) is 63.2 Å². The van der Waals surface area contributed by atoms with E-state index in [-0.39, 0.29) is 30.3 Å². The van der Waals surface area contributed by atoms with Crippen LogP contribution in [-0.4, -0.2) is 153 Å². The molecule has 6 rings (SSSR count). The number of nitrogens with zero attached hydrogens (tertiary/aromatic N) is 2. The largest absolute Gasteiger partial charge is 0.493 e. The van der Waals surface area contributed by atoms with E-state index in [1.807, 2.05) is 42.5 Å². The molecule has 0 fully saturated rings. The highest BCUT2D eigenvalue weighted by atomic mass is 35.5. The molecule has 2 aliphatic rings. The van der Waals surface area contributed by atoms with Crippen molar-refractivity contribution in [3.05, 3.63) is 87.0 Å². The summed E-state index contributed by atoms with van der Waals surface area (Å²) in [6, 6.07) is 13.6. The average Bonchev–Trinajstić information content (AvgIpc) is 3.39. The molecule has 0 N–H and O–H groups in total. The third-order valence-corrected chi connectivity index (χ3v) is 14.4. The third kappa shape index (κ3) is 11.4. The predicted molar refractivity (Wildman–Crippen MR) is 270 cm³/mol. The van der Waals surface area contributed by atoms with Gasteiger partial charge < -0.3 is 70.5 Å². The topological polar surface area (TPSA) is 154 Å². The number of hydrogen-bond donors (Lipinski definition) is 0. The van der Waals surface area contributed by atoms with E-state index in [1.54, 1.807) is 78.2 Å². The Labute approximate surface area is 428 Å². The second kappa shape index (κ2) is 24.3. The molecule has 4 aromatic rings. The molecule has 0 radical (unpaired) electrons. The van der Waals surface area contributed by atoms with Crippen LogP contribution < -0.4 is 52.1 Å². The molecule has 4 atom stereocenters. The van der Waals surface area contributed by atoms with Crippen molar-refractivity contribution in [1.82, 2.24) is 0 Å². The fourth-order valence-electron chi connectivity index (χ4n) is 10.5. The number of likely N-dealkylation sites (N-methyl/N-ethyl adjacent to an activating group) is 2. The van der Waals surface area contributed by atoms with Gasteiger partial charge in [-0.05, 0) is 59.2 Å². The molecule has 0 amide bonds. The molecule has 0 aliphatic carbocycles. The minimum atomic E-state index is -0.821. The number of carbonyl (C=O) groups excluding carboxylic acids is 2. The summed E-state index contributed by atoms with van der Waals surface area (Å²) in [5.74, 6) is 4.53. The zero-order chi connectivity index (χ0) is 52.3. The zero-order valence-electron chi connectivity index (χ0n) is 43.9. The van der Waals surface area contributed by atoms with Crippen molar-refractivity contribution in [2.24, 2.45) is 0 Å². The van der Waals surface area contributed by atoms with Crippen LogP contribution in [-0.2, 0) is 38.3 Å². The lowest BCUT2D eigenvalue weighted by Gasteiger charge is -2.46. The molecule has 0 saturated heterocycles. The summed E-state index contributed by atoms with van der Waals surface area (Å²) in [5.41, 5.74) is 6.18. The molecule has 0 unspecified atom stereocenters. The second-order valence-electron chi connectivity index (χ2n) is 18.1. The number of halogens is 1. The molecule has 392 valence electrons. The molecule has 0 saturated carbocycles. The fraction of sp³-hybridized carbons (Fsp3) is 0.481. The van der Waals surface area contributed by atoms with Gasteiger partial charge in [0.2, 0.25) is 17.2 Å². The molecule has 0 aromatic heterocycles. The van der Waals surface area contributed by atoms with E-state index < -0.39 is 11.9 Å². The first-order valence-corrected chi connectivity index (χ1v) is 24.1. The Bertz CT molecular complexity index is 2550. The van der Waals surface area contributed by atoms with Gasteiger partial charge in [0.25, 0.3) is 0 Å². The van der Waals surface area contributed by atoms with Crippen molar-refractivity contribution in [1.29, 1.82) is 0 Å². The van der Waals surface area contributed by atoms with Gasteiger partial charge in [0.05, 0.1) is 137 Å². The van der Waals surface area contributed by atoms with E-state index >= 15 is 0 Å². The predicted octanol–water partition coefficient (Wildman–Crippen LogP) is 7.85. The maximum absolute atomic E-state index is 13.2. The van der Waals surface area contributed by atoms with E-state index in [1.165, 1.54) is 0 Å². The number of ether oxygens (including phenoxy) is 13. The minimum Gasteiger partial charge on any atom is -0.493 e. The van der Waals surface area contributed by atoms with Gasteiger partial charge >= 0.3 is 11.9 Å². The number of rotatable bonds is 24. The van der Waals surface area contributed by atoms with E-state index in [2.05, 4.69) is 14.1 Å². The van der Waals surface area contributed by atoms with Crippen LogP contribution in [0.2, 0.25) is 0 Å². The number of fused-ring (bicyclic) bond motifs is 2. The van der Waals surface area contributed by atoms with Crippen LogP contribution in [0.25, 0.3) is 0 Å². The molecule has 0 spiro atoms. The first-order valence-electron chi connectivity index (χ1n) is 23.7. The molecule has 0 bridgehead atoms. The van der Waals surface area contributed by atoms with Crippen LogP contribution in [0.4, 0.5) is 0 Å². The lowest BCUT2D eigenvalue weighted by molar-refractivity contribution is -0.941. The molecule has 72 heavy (non-hydrogen) atoms. The van der Waals surface area contributed by atoms with Gasteiger partial charge in [0.1, 0.15) is 17.1 Å². The maximum Gasteiger partial charge on any atom is 0.350 e. The third-order valence-electron chi connectivity index (χ3n) is 14.1. The second-order valence-corrected chi connectivity index (χ2v) is 18.5. The number of quaternary nitrogens is 2. The van der Waals surface area contributed by atoms with E-state index in [0.717, 1.165) is 65.4 Å². The Kier molecular flexibility index (Phi) is 18.5. The Morgan fingerprint density at radius 3 is 1.54 bits per heavy atom. The Morgan fingerprint density at radius 1 is 0.542 bits per heavy atom.